The van der Waals surface area contributed by atoms with E-state index in [0.717, 1.165) is 12.8 Å². The second kappa shape index (κ2) is 7.17. The highest BCUT2D eigenvalue weighted by Crippen LogP contribution is 2.24. The molecule has 0 N–H and O–H groups in total. The summed E-state index contributed by atoms with van der Waals surface area (Å²) in [7, 11) is 0.596. The summed E-state index contributed by atoms with van der Waals surface area (Å²) in [6.45, 7) is 3.76. The van der Waals surface area contributed by atoms with Crippen molar-refractivity contribution in [3.05, 3.63) is 29.3 Å². The molecule has 0 spiro atoms. The van der Waals surface area contributed by atoms with E-state index in [-0.39, 0.29) is 12.5 Å². The van der Waals surface area contributed by atoms with Gasteiger partial charge in [-0.05, 0) is 24.5 Å². The molecule has 0 radical (unpaired) electrons. The monoisotopic (exact) mass is 340 g/mol. The highest BCUT2D eigenvalue weighted by atomic mass is 35.7. The fourth-order valence-electron chi connectivity index (χ4n) is 1.78. The SMILES string of the molecule is CCCC(C)COC(=O)c1c(F)ccc(S(=O)(=O)Cl)c1F. The molecule has 0 bridgehead atoms. The van der Waals surface area contributed by atoms with Gasteiger partial charge < -0.3 is 4.74 Å². The van der Waals surface area contributed by atoms with E-state index >= 15 is 0 Å². The van der Waals surface area contributed by atoms with Crippen LogP contribution in [0.4, 0.5) is 8.78 Å². The minimum atomic E-state index is -4.42. The first-order valence-electron chi connectivity index (χ1n) is 6.28. The quantitative estimate of drug-likeness (QED) is 0.587. The number of carbonyl (C=O) groups is 1. The van der Waals surface area contributed by atoms with Gasteiger partial charge in [0.1, 0.15) is 16.3 Å². The van der Waals surface area contributed by atoms with Gasteiger partial charge in [-0.2, -0.15) is 0 Å². The molecule has 0 fully saturated rings. The van der Waals surface area contributed by atoms with Crippen LogP contribution in [0.25, 0.3) is 0 Å². The fourth-order valence-corrected chi connectivity index (χ4v) is 2.68. The van der Waals surface area contributed by atoms with Crippen LogP contribution >= 0.6 is 10.7 Å². The third kappa shape index (κ3) is 4.64. The number of hydrogen-bond acceptors (Lipinski definition) is 4. The van der Waals surface area contributed by atoms with Crippen LogP contribution in [0, 0.1) is 17.6 Å². The van der Waals surface area contributed by atoms with Crippen LogP contribution in [0.5, 0.6) is 0 Å². The molecule has 0 amide bonds. The number of halogens is 3. The molecule has 118 valence electrons. The van der Waals surface area contributed by atoms with E-state index in [1.807, 2.05) is 13.8 Å². The van der Waals surface area contributed by atoms with Crippen molar-refractivity contribution in [3.63, 3.8) is 0 Å². The predicted molar refractivity (Wildman–Crippen MR) is 73.8 cm³/mol. The maximum absolute atomic E-state index is 13.9. The zero-order valence-corrected chi connectivity index (χ0v) is 13.1. The smallest absolute Gasteiger partial charge is 0.344 e. The molecular weight excluding hydrogens is 326 g/mol. The summed E-state index contributed by atoms with van der Waals surface area (Å²) in [4.78, 5) is 10.8. The maximum atomic E-state index is 13.9. The Morgan fingerprint density at radius 2 is 2.00 bits per heavy atom. The summed E-state index contributed by atoms with van der Waals surface area (Å²) >= 11 is 0. The first-order valence-corrected chi connectivity index (χ1v) is 8.59. The fraction of sp³-hybridized carbons (Fsp3) is 0.462. The molecule has 0 saturated heterocycles. The molecule has 8 heteroatoms. The lowest BCUT2D eigenvalue weighted by Crippen LogP contribution is -2.16. The van der Waals surface area contributed by atoms with Crippen molar-refractivity contribution in [2.24, 2.45) is 5.92 Å². The third-order valence-electron chi connectivity index (χ3n) is 2.80. The summed E-state index contributed by atoms with van der Waals surface area (Å²) in [5.41, 5.74) is -1.06. The molecule has 1 atom stereocenters. The molecular formula is C13H15ClF2O4S. The average Bonchev–Trinajstić information content (AvgIpc) is 2.35. The Morgan fingerprint density at radius 1 is 1.38 bits per heavy atom. The molecule has 0 aliphatic heterocycles. The van der Waals surface area contributed by atoms with Crippen LogP contribution in [-0.4, -0.2) is 21.0 Å². The Kier molecular flexibility index (Phi) is 6.10. The average molecular weight is 341 g/mol. The molecule has 0 heterocycles. The second-order valence-corrected chi connectivity index (χ2v) is 7.20. The van der Waals surface area contributed by atoms with Crippen LogP contribution in [-0.2, 0) is 13.8 Å². The molecule has 4 nitrogen and oxygen atoms in total. The highest BCUT2D eigenvalue weighted by Gasteiger charge is 2.27. The van der Waals surface area contributed by atoms with E-state index in [2.05, 4.69) is 0 Å². The van der Waals surface area contributed by atoms with Crippen molar-refractivity contribution in [2.45, 2.75) is 31.6 Å². The van der Waals surface area contributed by atoms with Gasteiger partial charge in [-0.3, -0.25) is 0 Å². The van der Waals surface area contributed by atoms with Crippen LogP contribution < -0.4 is 0 Å². The van der Waals surface area contributed by atoms with Gasteiger partial charge in [0.05, 0.1) is 6.61 Å². The number of hydrogen-bond donors (Lipinski definition) is 0. The number of benzene rings is 1. The molecule has 21 heavy (non-hydrogen) atoms. The molecule has 1 aromatic carbocycles. The Morgan fingerprint density at radius 3 is 2.52 bits per heavy atom. The van der Waals surface area contributed by atoms with Crippen LogP contribution in [0.15, 0.2) is 17.0 Å². The van der Waals surface area contributed by atoms with E-state index < -0.39 is 37.1 Å². The standard InChI is InChI=1S/C13H15ClF2O4S/c1-3-4-8(2)7-20-13(17)11-9(15)5-6-10(12(11)16)21(14,18)19/h5-6,8H,3-4,7H2,1-2H3. The van der Waals surface area contributed by atoms with Crippen molar-refractivity contribution in [1.82, 2.24) is 0 Å². The van der Waals surface area contributed by atoms with Gasteiger partial charge in [0, 0.05) is 10.7 Å². The number of esters is 1. The molecule has 0 aromatic heterocycles. The molecule has 0 aliphatic rings. The zero-order valence-electron chi connectivity index (χ0n) is 11.5. The van der Waals surface area contributed by atoms with Crippen LogP contribution in [0.3, 0.4) is 0 Å². The van der Waals surface area contributed by atoms with E-state index in [4.69, 9.17) is 15.4 Å². The lowest BCUT2D eigenvalue weighted by atomic mass is 10.1. The summed E-state index contributed by atoms with van der Waals surface area (Å²) < 4.78 is 54.6. The Hall–Kier alpha value is -1.21. The van der Waals surface area contributed by atoms with Gasteiger partial charge >= 0.3 is 5.97 Å². The van der Waals surface area contributed by atoms with Gasteiger partial charge in [0.15, 0.2) is 5.82 Å². The number of rotatable bonds is 6. The first-order chi connectivity index (χ1) is 9.68. The number of carbonyl (C=O) groups excluding carboxylic acids is 1. The molecule has 1 rings (SSSR count). The van der Waals surface area contributed by atoms with Crippen molar-refractivity contribution in [3.8, 4) is 0 Å². The van der Waals surface area contributed by atoms with E-state index in [9.17, 15) is 22.0 Å². The third-order valence-corrected chi connectivity index (χ3v) is 4.14. The maximum Gasteiger partial charge on any atom is 0.344 e. The van der Waals surface area contributed by atoms with Crippen molar-refractivity contribution < 1.29 is 26.7 Å². The minimum Gasteiger partial charge on any atom is -0.462 e. The van der Waals surface area contributed by atoms with Gasteiger partial charge in [0.25, 0.3) is 9.05 Å². The summed E-state index contributed by atoms with van der Waals surface area (Å²) in [6, 6.07) is 1.31. The van der Waals surface area contributed by atoms with E-state index in [1.165, 1.54) is 0 Å². The van der Waals surface area contributed by atoms with E-state index in [0.29, 0.717) is 12.1 Å². The Labute approximate surface area is 126 Å². The van der Waals surface area contributed by atoms with Gasteiger partial charge in [-0.15, -0.1) is 0 Å². The summed E-state index contributed by atoms with van der Waals surface area (Å²) in [5, 5.41) is 0. The van der Waals surface area contributed by atoms with E-state index in [1.54, 1.807) is 0 Å². The minimum absolute atomic E-state index is 0.0105. The Bertz CT molecular complexity index is 631. The van der Waals surface area contributed by atoms with Crippen LogP contribution in [0.1, 0.15) is 37.0 Å². The van der Waals surface area contributed by atoms with Crippen molar-refractivity contribution >= 4 is 25.7 Å². The van der Waals surface area contributed by atoms with Crippen molar-refractivity contribution in [2.75, 3.05) is 6.61 Å². The predicted octanol–water partition coefficient (Wildman–Crippen LogP) is 3.49. The highest BCUT2D eigenvalue weighted by molar-refractivity contribution is 8.13. The molecule has 1 unspecified atom stereocenters. The topological polar surface area (TPSA) is 60.4 Å². The van der Waals surface area contributed by atoms with Gasteiger partial charge in [-0.25, -0.2) is 22.0 Å². The number of ether oxygens (including phenoxy) is 1. The van der Waals surface area contributed by atoms with Crippen LogP contribution in [0.2, 0.25) is 0 Å². The zero-order chi connectivity index (χ0) is 16.2. The van der Waals surface area contributed by atoms with Gasteiger partial charge in [-0.1, -0.05) is 20.3 Å². The van der Waals surface area contributed by atoms with Gasteiger partial charge in [0.2, 0.25) is 0 Å². The normalized spacial score (nSPS) is 13.0. The Balaban J connectivity index is 3.05. The lowest BCUT2D eigenvalue weighted by Gasteiger charge is -2.12. The largest absolute Gasteiger partial charge is 0.462 e. The summed E-state index contributed by atoms with van der Waals surface area (Å²) in [6.07, 6.45) is 1.66. The second-order valence-electron chi connectivity index (χ2n) is 4.66. The lowest BCUT2D eigenvalue weighted by molar-refractivity contribution is 0.0432. The molecule has 0 aliphatic carbocycles. The first kappa shape index (κ1) is 17.8. The van der Waals surface area contributed by atoms with Crippen molar-refractivity contribution in [1.29, 1.82) is 0 Å². The molecule has 1 aromatic rings. The molecule has 0 saturated carbocycles. The summed E-state index contributed by atoms with van der Waals surface area (Å²) in [5.74, 6) is -3.97.